The van der Waals surface area contributed by atoms with Gasteiger partial charge in [-0.1, -0.05) is 43.3 Å². The highest BCUT2D eigenvalue weighted by Gasteiger charge is 2.49. The fourth-order valence-electron chi connectivity index (χ4n) is 3.95. The minimum atomic E-state index is -0.993. The maximum atomic E-state index is 13.3. The van der Waals surface area contributed by atoms with E-state index < -0.39 is 17.5 Å². The van der Waals surface area contributed by atoms with Gasteiger partial charge >= 0.3 is 0 Å². The van der Waals surface area contributed by atoms with Crippen molar-refractivity contribution in [3.05, 3.63) is 65.2 Å². The van der Waals surface area contributed by atoms with Crippen molar-refractivity contribution >= 4 is 11.8 Å². The molecule has 2 aromatic rings. The maximum absolute atomic E-state index is 13.3. The summed E-state index contributed by atoms with van der Waals surface area (Å²) in [6, 6.07) is 16.2. The van der Waals surface area contributed by atoms with Gasteiger partial charge in [-0.25, -0.2) is 0 Å². The number of nitrogens with one attached hydrogen (secondary N) is 1. The number of benzene rings is 2. The molecule has 0 aliphatic carbocycles. The van der Waals surface area contributed by atoms with E-state index in [0.717, 1.165) is 5.56 Å². The second-order valence-electron chi connectivity index (χ2n) is 7.61. The van der Waals surface area contributed by atoms with Crippen LogP contribution in [-0.4, -0.2) is 42.5 Å². The predicted molar refractivity (Wildman–Crippen MR) is 109 cm³/mol. The number of carbonyl (C=O) groups is 2. The van der Waals surface area contributed by atoms with Crippen molar-refractivity contribution in [1.29, 1.82) is 5.26 Å². The Labute approximate surface area is 171 Å². The Kier molecular flexibility index (Phi) is 5.60. The molecule has 29 heavy (non-hydrogen) atoms. The van der Waals surface area contributed by atoms with Crippen molar-refractivity contribution < 1.29 is 14.3 Å². The van der Waals surface area contributed by atoms with Gasteiger partial charge in [0.05, 0.1) is 18.7 Å². The second-order valence-corrected chi connectivity index (χ2v) is 7.61. The summed E-state index contributed by atoms with van der Waals surface area (Å²) < 4.78 is 5.42. The van der Waals surface area contributed by atoms with E-state index in [-0.39, 0.29) is 11.8 Å². The van der Waals surface area contributed by atoms with Gasteiger partial charge in [-0.2, -0.15) is 5.26 Å². The van der Waals surface area contributed by atoms with Gasteiger partial charge in [0.1, 0.15) is 17.3 Å². The van der Waals surface area contributed by atoms with Crippen molar-refractivity contribution in [1.82, 2.24) is 10.2 Å². The minimum Gasteiger partial charge on any atom is -0.496 e. The van der Waals surface area contributed by atoms with E-state index in [0.29, 0.717) is 23.3 Å². The largest absolute Gasteiger partial charge is 0.496 e. The van der Waals surface area contributed by atoms with Crippen LogP contribution in [0.1, 0.15) is 36.5 Å². The Bertz CT molecular complexity index is 967. The number of likely N-dealkylation sites (N-methyl/N-ethyl adjacent to an activating group) is 1. The van der Waals surface area contributed by atoms with Crippen LogP contribution in [0.5, 0.6) is 5.75 Å². The zero-order chi connectivity index (χ0) is 21.2. The number of ether oxygens (including phenoxy) is 1. The van der Waals surface area contributed by atoms with E-state index in [1.807, 2.05) is 37.3 Å². The summed E-state index contributed by atoms with van der Waals surface area (Å²) in [6.45, 7) is 3.60. The van der Waals surface area contributed by atoms with Gasteiger partial charge in [-0.15, -0.1) is 0 Å². The average Bonchev–Trinajstić information content (AvgIpc) is 2.74. The summed E-state index contributed by atoms with van der Waals surface area (Å²) in [5, 5.41) is 12.4. The van der Waals surface area contributed by atoms with Crippen molar-refractivity contribution in [2.24, 2.45) is 0 Å². The van der Waals surface area contributed by atoms with Gasteiger partial charge in [0, 0.05) is 24.9 Å². The van der Waals surface area contributed by atoms with Gasteiger partial charge in [0.25, 0.3) is 0 Å². The predicted octanol–water partition coefficient (Wildman–Crippen LogP) is 2.63. The normalized spacial score (nSPS) is 22.6. The fourth-order valence-corrected chi connectivity index (χ4v) is 3.95. The van der Waals surface area contributed by atoms with Crippen LogP contribution in [0, 0.1) is 11.3 Å². The number of rotatable bonds is 5. The number of methoxy groups -OCH3 is 1. The number of nitriles is 1. The molecule has 3 atom stereocenters. The molecule has 2 amide bonds. The lowest BCUT2D eigenvalue weighted by Crippen LogP contribution is -2.70. The first-order chi connectivity index (χ1) is 13.8. The first-order valence-corrected chi connectivity index (χ1v) is 9.53. The molecule has 1 N–H and O–H groups in total. The van der Waals surface area contributed by atoms with Gasteiger partial charge in [0.2, 0.25) is 11.8 Å². The Morgan fingerprint density at radius 1 is 1.21 bits per heavy atom. The van der Waals surface area contributed by atoms with Crippen LogP contribution in [0.3, 0.4) is 0 Å². The van der Waals surface area contributed by atoms with Crippen molar-refractivity contribution in [3.63, 3.8) is 0 Å². The van der Waals surface area contributed by atoms with Crippen LogP contribution in [0.25, 0.3) is 0 Å². The topological polar surface area (TPSA) is 82.4 Å². The number of nitrogens with zero attached hydrogens (tertiary/aromatic N) is 2. The standard InChI is InChI=1S/C23H25N3O3/c1-15(19-17(14-24)11-8-12-18(19)29-4)20-21(27)26(3)23(2,22(28)25-20)13-16-9-6-5-7-10-16/h5-12,15,20H,13H2,1-4H3,(H,25,28). The number of amides is 2. The van der Waals surface area contributed by atoms with E-state index in [1.165, 1.54) is 12.0 Å². The molecule has 3 rings (SSSR count). The van der Waals surface area contributed by atoms with Gasteiger partial charge in [0.15, 0.2) is 0 Å². The van der Waals surface area contributed by atoms with Gasteiger partial charge in [-0.3, -0.25) is 9.59 Å². The molecule has 0 bridgehead atoms. The summed E-state index contributed by atoms with van der Waals surface area (Å²) in [7, 11) is 3.19. The highest BCUT2D eigenvalue weighted by Crippen LogP contribution is 2.35. The molecule has 1 fully saturated rings. The average molecular weight is 391 g/mol. The van der Waals surface area contributed by atoms with E-state index in [9.17, 15) is 14.9 Å². The number of hydrogen-bond donors (Lipinski definition) is 1. The number of carbonyl (C=O) groups excluding carboxylic acids is 2. The first-order valence-electron chi connectivity index (χ1n) is 9.53. The van der Waals surface area contributed by atoms with Crippen LogP contribution in [0.2, 0.25) is 0 Å². The molecular formula is C23H25N3O3. The molecule has 1 aliphatic rings. The molecule has 0 radical (unpaired) electrons. The molecule has 0 saturated carbocycles. The van der Waals surface area contributed by atoms with Gasteiger partial charge < -0.3 is 15.0 Å². The molecule has 1 heterocycles. The number of piperazine rings is 1. The van der Waals surface area contributed by atoms with Crippen molar-refractivity contribution in [3.8, 4) is 11.8 Å². The van der Waals surface area contributed by atoms with Crippen LogP contribution in [-0.2, 0) is 16.0 Å². The molecule has 2 aromatic carbocycles. The van der Waals surface area contributed by atoms with Gasteiger partial charge in [-0.05, 0) is 24.6 Å². The maximum Gasteiger partial charge on any atom is 0.246 e. The Morgan fingerprint density at radius 3 is 2.52 bits per heavy atom. The highest BCUT2D eigenvalue weighted by molar-refractivity contribution is 6.00. The quantitative estimate of drug-likeness (QED) is 0.849. The SMILES string of the molecule is COc1cccc(C#N)c1C(C)C1NC(=O)C(C)(Cc2ccccc2)N(C)C1=O. The first kappa shape index (κ1) is 20.4. The summed E-state index contributed by atoms with van der Waals surface area (Å²) in [5.74, 6) is -0.307. The summed E-state index contributed by atoms with van der Waals surface area (Å²) in [6.07, 6.45) is 0.418. The fraction of sp³-hybridized carbons (Fsp3) is 0.348. The van der Waals surface area contributed by atoms with Crippen LogP contribution < -0.4 is 10.1 Å². The lowest BCUT2D eigenvalue weighted by Gasteiger charge is -2.46. The van der Waals surface area contributed by atoms with E-state index in [4.69, 9.17) is 4.74 Å². The molecule has 0 spiro atoms. The van der Waals surface area contributed by atoms with Crippen LogP contribution in [0.4, 0.5) is 0 Å². The summed E-state index contributed by atoms with van der Waals surface area (Å²) >= 11 is 0. The van der Waals surface area contributed by atoms with Crippen LogP contribution in [0.15, 0.2) is 48.5 Å². The van der Waals surface area contributed by atoms with Crippen molar-refractivity contribution in [2.45, 2.75) is 37.8 Å². The molecule has 6 nitrogen and oxygen atoms in total. The molecular weight excluding hydrogens is 366 g/mol. The van der Waals surface area contributed by atoms with E-state index >= 15 is 0 Å². The smallest absolute Gasteiger partial charge is 0.246 e. The summed E-state index contributed by atoms with van der Waals surface area (Å²) in [4.78, 5) is 27.9. The molecule has 1 aliphatic heterocycles. The highest BCUT2D eigenvalue weighted by atomic mass is 16.5. The molecule has 3 unspecified atom stereocenters. The van der Waals surface area contributed by atoms with E-state index in [2.05, 4.69) is 11.4 Å². The lowest BCUT2D eigenvalue weighted by molar-refractivity contribution is -0.154. The lowest BCUT2D eigenvalue weighted by atomic mass is 9.82. The third-order valence-electron chi connectivity index (χ3n) is 5.87. The Morgan fingerprint density at radius 2 is 1.90 bits per heavy atom. The monoisotopic (exact) mass is 391 g/mol. The third kappa shape index (κ3) is 3.56. The minimum absolute atomic E-state index is 0.190. The second kappa shape index (κ2) is 7.96. The Hall–Kier alpha value is -3.33. The molecule has 0 aromatic heterocycles. The molecule has 6 heteroatoms. The third-order valence-corrected chi connectivity index (χ3v) is 5.87. The molecule has 150 valence electrons. The zero-order valence-electron chi connectivity index (χ0n) is 17.1. The van der Waals surface area contributed by atoms with Crippen LogP contribution >= 0.6 is 0 Å². The zero-order valence-corrected chi connectivity index (χ0v) is 17.1. The van der Waals surface area contributed by atoms with Crippen molar-refractivity contribution in [2.75, 3.05) is 14.2 Å². The molecule has 1 saturated heterocycles. The number of hydrogen-bond acceptors (Lipinski definition) is 4. The summed E-state index contributed by atoms with van der Waals surface area (Å²) in [5.41, 5.74) is 1.04. The van der Waals surface area contributed by atoms with E-state index in [1.54, 1.807) is 32.2 Å². The Balaban J connectivity index is 1.93.